The molecule has 1 amide bonds. The molecule has 0 aliphatic carbocycles. The number of aromatic nitrogens is 2. The molecular weight excluding hydrogens is 254 g/mol. The number of hydrogen-bond acceptors (Lipinski definition) is 2. The maximum absolute atomic E-state index is 12.5. The van der Waals surface area contributed by atoms with Crippen LogP contribution in [0.2, 0.25) is 0 Å². The molecule has 0 aromatic carbocycles. The Bertz CT molecular complexity index is 486. The number of carbonyl (C=O) groups excluding carboxylic acids is 1. The summed E-state index contributed by atoms with van der Waals surface area (Å²) in [5.41, 5.74) is 0.425. The summed E-state index contributed by atoms with van der Waals surface area (Å²) in [6.07, 6.45) is 3.61. The lowest BCUT2D eigenvalue weighted by Crippen LogP contribution is -2.42. The highest BCUT2D eigenvalue weighted by Gasteiger charge is 2.20. The smallest absolute Gasteiger partial charge is 0.323 e. The molecule has 0 atom stereocenters. The number of amides is 1. The molecule has 0 spiro atoms. The number of carbonyl (C=O) groups is 1. The molecule has 0 radical (unpaired) electrons. The van der Waals surface area contributed by atoms with E-state index in [-0.39, 0.29) is 17.5 Å². The third kappa shape index (κ3) is 3.99. The number of nitrogens with one attached hydrogen (secondary N) is 1. The van der Waals surface area contributed by atoms with Crippen molar-refractivity contribution in [3.63, 3.8) is 0 Å². The molecule has 5 heteroatoms. The third-order valence-electron chi connectivity index (χ3n) is 3.25. The maximum atomic E-state index is 12.5. The molecule has 0 unspecified atom stereocenters. The van der Waals surface area contributed by atoms with Crippen molar-refractivity contribution in [3.8, 4) is 0 Å². The first kappa shape index (κ1) is 16.5. The Kier molecular flexibility index (Phi) is 6.05. The average molecular weight is 281 g/mol. The summed E-state index contributed by atoms with van der Waals surface area (Å²) in [5, 5.41) is 2.80. The van der Waals surface area contributed by atoms with Crippen molar-refractivity contribution in [2.24, 2.45) is 5.92 Å². The van der Waals surface area contributed by atoms with Crippen molar-refractivity contribution in [1.29, 1.82) is 0 Å². The van der Waals surface area contributed by atoms with Gasteiger partial charge in [0.1, 0.15) is 0 Å². The summed E-state index contributed by atoms with van der Waals surface area (Å²) in [6, 6.07) is -0.246. The van der Waals surface area contributed by atoms with Crippen molar-refractivity contribution in [2.75, 3.05) is 13.1 Å². The molecule has 0 bridgehead atoms. The fourth-order valence-corrected chi connectivity index (χ4v) is 2.14. The van der Waals surface area contributed by atoms with Crippen molar-refractivity contribution in [2.45, 2.75) is 53.4 Å². The van der Waals surface area contributed by atoms with Crippen LogP contribution in [0.25, 0.3) is 0 Å². The largest absolute Gasteiger partial charge is 0.346 e. The van der Waals surface area contributed by atoms with Crippen molar-refractivity contribution in [1.82, 2.24) is 14.7 Å². The molecule has 0 fully saturated rings. The van der Waals surface area contributed by atoms with Crippen LogP contribution < -0.4 is 5.56 Å². The monoisotopic (exact) mass is 281 g/mol. The molecule has 1 N–H and O–H groups in total. The first-order chi connectivity index (χ1) is 9.38. The number of aromatic amines is 1. The van der Waals surface area contributed by atoms with Crippen LogP contribution in [0, 0.1) is 5.92 Å². The van der Waals surface area contributed by atoms with Gasteiger partial charge >= 0.3 is 6.03 Å². The van der Waals surface area contributed by atoms with Gasteiger partial charge in [0.15, 0.2) is 0 Å². The second-order valence-corrected chi connectivity index (χ2v) is 6.00. The van der Waals surface area contributed by atoms with Gasteiger partial charge < -0.3 is 4.90 Å². The van der Waals surface area contributed by atoms with Crippen LogP contribution in [0.4, 0.5) is 4.79 Å². The van der Waals surface area contributed by atoms with Gasteiger partial charge in [-0.2, -0.15) is 4.68 Å². The Hall–Kier alpha value is -1.52. The molecule has 1 rings (SSSR count). The minimum atomic E-state index is -0.246. The molecule has 20 heavy (non-hydrogen) atoms. The number of nitrogens with zero attached hydrogens (tertiary/aromatic N) is 2. The number of rotatable bonds is 6. The van der Waals surface area contributed by atoms with Crippen LogP contribution in [-0.2, 0) is 0 Å². The summed E-state index contributed by atoms with van der Waals surface area (Å²) >= 11 is 0. The normalized spacial score (nSPS) is 11.3. The zero-order chi connectivity index (χ0) is 15.3. The van der Waals surface area contributed by atoms with Crippen LogP contribution in [-0.4, -0.2) is 33.8 Å². The van der Waals surface area contributed by atoms with E-state index in [0.717, 1.165) is 17.5 Å². The van der Waals surface area contributed by atoms with Gasteiger partial charge in [-0.15, -0.1) is 0 Å². The molecule has 0 saturated carbocycles. The molecule has 0 aliphatic rings. The van der Waals surface area contributed by atoms with E-state index in [4.69, 9.17) is 0 Å². The Morgan fingerprint density at radius 1 is 1.35 bits per heavy atom. The van der Waals surface area contributed by atoms with Gasteiger partial charge in [0.2, 0.25) is 0 Å². The van der Waals surface area contributed by atoms with Gasteiger partial charge in [-0.1, -0.05) is 41.0 Å². The van der Waals surface area contributed by atoms with Gasteiger partial charge in [0, 0.05) is 24.8 Å². The Morgan fingerprint density at radius 2 is 2.00 bits per heavy atom. The Balaban J connectivity index is 2.96. The van der Waals surface area contributed by atoms with E-state index >= 15 is 0 Å². The highest BCUT2D eigenvalue weighted by atomic mass is 16.2. The average Bonchev–Trinajstić information content (AvgIpc) is 2.75. The van der Waals surface area contributed by atoms with Gasteiger partial charge in [0.25, 0.3) is 5.56 Å². The number of hydrogen-bond donors (Lipinski definition) is 1. The van der Waals surface area contributed by atoms with Crippen LogP contribution in [0.15, 0.2) is 11.0 Å². The number of unbranched alkanes of at least 4 members (excludes halogenated alkanes) is 1. The van der Waals surface area contributed by atoms with Crippen LogP contribution in [0.1, 0.15) is 58.9 Å². The lowest BCUT2D eigenvalue weighted by molar-refractivity contribution is 0.187. The van der Waals surface area contributed by atoms with E-state index < -0.39 is 0 Å². The molecule has 5 nitrogen and oxygen atoms in total. The van der Waals surface area contributed by atoms with E-state index in [1.165, 1.54) is 0 Å². The minimum absolute atomic E-state index is 0.113. The van der Waals surface area contributed by atoms with E-state index in [1.54, 1.807) is 11.1 Å². The third-order valence-corrected chi connectivity index (χ3v) is 3.25. The highest BCUT2D eigenvalue weighted by molar-refractivity contribution is 5.76. The predicted octanol–water partition coefficient (Wildman–Crippen LogP) is 3.03. The summed E-state index contributed by atoms with van der Waals surface area (Å²) in [4.78, 5) is 26.5. The zero-order valence-electron chi connectivity index (χ0n) is 13.3. The fourth-order valence-electron chi connectivity index (χ4n) is 2.14. The first-order valence-electron chi connectivity index (χ1n) is 7.48. The molecule has 0 aliphatic heterocycles. The molecule has 1 aromatic heterocycles. The standard InChI is InChI=1S/C15H27N3O2/c1-6-7-8-17(10-11(2)3)15(20)18-14(19)13(9-16-18)12(4)5/h9,11-12,16H,6-8,10H2,1-5H3. The topological polar surface area (TPSA) is 58.1 Å². The Morgan fingerprint density at radius 3 is 2.45 bits per heavy atom. The summed E-state index contributed by atoms with van der Waals surface area (Å²) in [5.74, 6) is 0.494. The lowest BCUT2D eigenvalue weighted by atomic mass is 10.1. The fraction of sp³-hybridized carbons (Fsp3) is 0.733. The summed E-state index contributed by atoms with van der Waals surface area (Å²) < 4.78 is 1.13. The van der Waals surface area contributed by atoms with Gasteiger partial charge in [-0.3, -0.25) is 9.89 Å². The van der Waals surface area contributed by atoms with Gasteiger partial charge in [-0.05, 0) is 18.3 Å². The predicted molar refractivity (Wildman–Crippen MR) is 81.3 cm³/mol. The van der Waals surface area contributed by atoms with Crippen LogP contribution >= 0.6 is 0 Å². The molecule has 114 valence electrons. The Labute approximate surface area is 121 Å². The molecular formula is C15H27N3O2. The zero-order valence-corrected chi connectivity index (χ0v) is 13.3. The molecule has 0 saturated heterocycles. The van der Waals surface area contributed by atoms with Gasteiger partial charge in [-0.25, -0.2) is 4.79 Å². The SMILES string of the molecule is CCCCN(CC(C)C)C(=O)n1[nH]cc(C(C)C)c1=O. The highest BCUT2D eigenvalue weighted by Crippen LogP contribution is 2.09. The lowest BCUT2D eigenvalue weighted by Gasteiger charge is -2.23. The van der Waals surface area contributed by atoms with Crippen LogP contribution in [0.5, 0.6) is 0 Å². The molecule has 1 aromatic rings. The van der Waals surface area contributed by atoms with E-state index in [2.05, 4.69) is 25.9 Å². The summed E-state index contributed by atoms with van der Waals surface area (Å²) in [7, 11) is 0. The van der Waals surface area contributed by atoms with E-state index in [1.807, 2.05) is 13.8 Å². The van der Waals surface area contributed by atoms with Crippen molar-refractivity contribution >= 4 is 6.03 Å². The molecule has 1 heterocycles. The van der Waals surface area contributed by atoms with Gasteiger partial charge in [0.05, 0.1) is 0 Å². The van der Waals surface area contributed by atoms with E-state index in [0.29, 0.717) is 24.6 Å². The van der Waals surface area contributed by atoms with Crippen molar-refractivity contribution < 1.29 is 4.79 Å². The minimum Gasteiger partial charge on any atom is -0.323 e. The van der Waals surface area contributed by atoms with E-state index in [9.17, 15) is 9.59 Å². The first-order valence-corrected chi connectivity index (χ1v) is 7.48. The maximum Gasteiger partial charge on any atom is 0.346 e. The quantitative estimate of drug-likeness (QED) is 0.871. The van der Waals surface area contributed by atoms with Crippen molar-refractivity contribution in [3.05, 3.63) is 22.1 Å². The second-order valence-electron chi connectivity index (χ2n) is 6.00. The second kappa shape index (κ2) is 7.31. The summed E-state index contributed by atoms with van der Waals surface area (Å²) in [6.45, 7) is 11.5. The van der Waals surface area contributed by atoms with Crippen LogP contribution in [0.3, 0.4) is 0 Å². The number of H-pyrrole nitrogens is 1.